The van der Waals surface area contributed by atoms with E-state index in [1.807, 2.05) is 0 Å². The normalized spacial score (nSPS) is 18.6. The van der Waals surface area contributed by atoms with Crippen molar-refractivity contribution in [1.82, 2.24) is 4.72 Å². The zero-order valence-electron chi connectivity index (χ0n) is 10.7. The molecule has 2 rings (SSSR count). The van der Waals surface area contributed by atoms with Gasteiger partial charge in [-0.3, -0.25) is 0 Å². The first-order valence-electron chi connectivity index (χ1n) is 6.05. The summed E-state index contributed by atoms with van der Waals surface area (Å²) >= 11 is 1.29. The molecule has 1 fully saturated rings. The van der Waals surface area contributed by atoms with Crippen LogP contribution >= 0.6 is 11.3 Å². The second-order valence-electron chi connectivity index (χ2n) is 5.32. The van der Waals surface area contributed by atoms with Gasteiger partial charge in [0.05, 0.1) is 11.5 Å². The lowest BCUT2D eigenvalue weighted by Gasteiger charge is -2.38. The molecule has 1 heterocycles. The molecule has 0 saturated heterocycles. The summed E-state index contributed by atoms with van der Waals surface area (Å²) in [6, 6.07) is 0. The van der Waals surface area contributed by atoms with Gasteiger partial charge in [0.1, 0.15) is 4.90 Å². The third kappa shape index (κ3) is 2.61. The second kappa shape index (κ2) is 4.92. The quantitative estimate of drug-likeness (QED) is 0.871. The minimum absolute atomic E-state index is 0.108. The van der Waals surface area contributed by atoms with Crippen LogP contribution in [0.4, 0.5) is 0 Å². The van der Waals surface area contributed by atoms with Gasteiger partial charge in [-0.2, -0.15) is 0 Å². The molecule has 102 valence electrons. The molecule has 0 atom stereocenters. The lowest BCUT2D eigenvalue weighted by atomic mass is 9.71. The molecule has 1 aromatic heterocycles. The Morgan fingerprint density at radius 3 is 2.67 bits per heavy atom. The van der Waals surface area contributed by atoms with E-state index < -0.39 is 10.0 Å². The summed E-state index contributed by atoms with van der Waals surface area (Å²) in [5.41, 5.74) is 0.812. The largest absolute Gasteiger partial charge is 0.391 e. The molecule has 0 bridgehead atoms. The Bertz CT molecular complexity index is 530. The number of aryl methyl sites for hydroxylation is 1. The Hall–Kier alpha value is -0.430. The summed E-state index contributed by atoms with van der Waals surface area (Å²) in [5.74, 6) is 0. The van der Waals surface area contributed by atoms with Crippen LogP contribution in [0.2, 0.25) is 0 Å². The predicted molar refractivity (Wildman–Crippen MR) is 72.1 cm³/mol. The van der Waals surface area contributed by atoms with Crippen LogP contribution in [0.5, 0.6) is 0 Å². The van der Waals surface area contributed by atoms with E-state index in [1.165, 1.54) is 17.8 Å². The van der Waals surface area contributed by atoms with Crippen molar-refractivity contribution >= 4 is 21.4 Å². The average molecular weight is 289 g/mol. The number of aliphatic hydroxyl groups excluding tert-OH is 1. The number of hydrogen-bond acceptors (Lipinski definition) is 4. The van der Waals surface area contributed by atoms with Crippen molar-refractivity contribution < 1.29 is 13.5 Å². The van der Waals surface area contributed by atoms with Crippen molar-refractivity contribution in [1.29, 1.82) is 0 Å². The Morgan fingerprint density at radius 1 is 1.50 bits per heavy atom. The van der Waals surface area contributed by atoms with Gasteiger partial charge in [-0.15, -0.1) is 11.3 Å². The van der Waals surface area contributed by atoms with Gasteiger partial charge in [-0.1, -0.05) is 13.3 Å². The smallest absolute Gasteiger partial charge is 0.242 e. The van der Waals surface area contributed by atoms with Gasteiger partial charge >= 0.3 is 0 Å². The van der Waals surface area contributed by atoms with Gasteiger partial charge in [0.15, 0.2) is 0 Å². The Balaban J connectivity index is 2.17. The monoisotopic (exact) mass is 289 g/mol. The fourth-order valence-electron chi connectivity index (χ4n) is 2.26. The van der Waals surface area contributed by atoms with Gasteiger partial charge in [-0.05, 0) is 36.1 Å². The summed E-state index contributed by atoms with van der Waals surface area (Å²) in [7, 11) is -3.50. The summed E-state index contributed by atoms with van der Waals surface area (Å²) in [6.45, 7) is 4.11. The van der Waals surface area contributed by atoms with E-state index in [1.54, 1.807) is 12.3 Å². The predicted octanol–water partition coefficient (Wildman–Crippen LogP) is 2.02. The van der Waals surface area contributed by atoms with Crippen LogP contribution in [-0.2, 0) is 16.6 Å². The molecule has 1 saturated carbocycles. The standard InChI is InChI=1S/C12H19NO3S2/c1-9-7-17-10(6-14)11(9)18(15,16)13-8-12(2)4-3-5-12/h7,13-14H,3-6,8H2,1-2H3. The van der Waals surface area contributed by atoms with Crippen molar-refractivity contribution in [3.05, 3.63) is 15.8 Å². The Kier molecular flexibility index (Phi) is 3.82. The highest BCUT2D eigenvalue weighted by Gasteiger charge is 2.33. The highest BCUT2D eigenvalue weighted by molar-refractivity contribution is 7.89. The number of thiophene rings is 1. The molecule has 0 aromatic carbocycles. The first-order chi connectivity index (χ1) is 8.38. The first-order valence-corrected chi connectivity index (χ1v) is 8.42. The van der Waals surface area contributed by atoms with Gasteiger partial charge in [-0.25, -0.2) is 13.1 Å². The van der Waals surface area contributed by atoms with Crippen molar-refractivity contribution in [3.63, 3.8) is 0 Å². The summed E-state index contributed by atoms with van der Waals surface area (Å²) in [6.07, 6.45) is 3.33. The lowest BCUT2D eigenvalue weighted by molar-refractivity contribution is 0.166. The van der Waals surface area contributed by atoms with Crippen LogP contribution in [0.25, 0.3) is 0 Å². The number of rotatable bonds is 5. The molecular formula is C12H19NO3S2. The molecule has 0 unspecified atom stereocenters. The van der Waals surface area contributed by atoms with E-state index >= 15 is 0 Å². The zero-order valence-corrected chi connectivity index (χ0v) is 12.3. The van der Waals surface area contributed by atoms with Gasteiger partial charge in [0, 0.05) is 6.54 Å². The minimum atomic E-state index is -3.50. The van der Waals surface area contributed by atoms with Crippen LogP contribution < -0.4 is 4.72 Å². The molecular weight excluding hydrogens is 270 g/mol. The van der Waals surface area contributed by atoms with Crippen molar-refractivity contribution in [3.8, 4) is 0 Å². The molecule has 2 N–H and O–H groups in total. The molecule has 1 aliphatic rings. The maximum Gasteiger partial charge on any atom is 0.242 e. The first kappa shape index (κ1) is 14.0. The number of sulfonamides is 1. The van der Waals surface area contributed by atoms with Gasteiger partial charge in [0.2, 0.25) is 10.0 Å². The Morgan fingerprint density at radius 2 is 2.17 bits per heavy atom. The van der Waals surface area contributed by atoms with Crippen LogP contribution in [0.15, 0.2) is 10.3 Å². The van der Waals surface area contributed by atoms with Crippen LogP contribution in [0.1, 0.15) is 36.6 Å². The number of aliphatic hydroxyl groups is 1. The fraction of sp³-hybridized carbons (Fsp3) is 0.667. The van der Waals surface area contributed by atoms with Crippen molar-refractivity contribution in [2.24, 2.45) is 5.41 Å². The summed E-state index contributed by atoms with van der Waals surface area (Å²) in [4.78, 5) is 0.775. The SMILES string of the molecule is Cc1csc(CO)c1S(=O)(=O)NCC1(C)CCC1. The zero-order chi connectivity index (χ0) is 13.4. The minimum Gasteiger partial charge on any atom is -0.391 e. The number of nitrogens with one attached hydrogen (secondary N) is 1. The van der Waals surface area contributed by atoms with E-state index in [-0.39, 0.29) is 16.9 Å². The van der Waals surface area contributed by atoms with E-state index in [0.717, 1.165) is 12.8 Å². The highest BCUT2D eigenvalue weighted by atomic mass is 32.2. The van der Waals surface area contributed by atoms with Crippen LogP contribution in [-0.4, -0.2) is 20.1 Å². The van der Waals surface area contributed by atoms with Gasteiger partial charge < -0.3 is 5.11 Å². The van der Waals surface area contributed by atoms with E-state index in [2.05, 4.69) is 11.6 Å². The van der Waals surface area contributed by atoms with Gasteiger partial charge in [0.25, 0.3) is 0 Å². The molecule has 1 aliphatic carbocycles. The topological polar surface area (TPSA) is 66.4 Å². The molecule has 0 radical (unpaired) electrons. The molecule has 0 aliphatic heterocycles. The average Bonchev–Trinajstić information content (AvgIpc) is 2.66. The number of hydrogen-bond donors (Lipinski definition) is 2. The molecule has 0 amide bonds. The third-order valence-corrected chi connectivity index (χ3v) is 6.50. The maximum absolute atomic E-state index is 12.3. The fourth-order valence-corrected chi connectivity index (χ4v) is 5.11. The van der Waals surface area contributed by atoms with E-state index in [0.29, 0.717) is 17.0 Å². The Labute approximate surface area is 112 Å². The molecule has 4 nitrogen and oxygen atoms in total. The lowest BCUT2D eigenvalue weighted by Crippen LogP contribution is -2.40. The van der Waals surface area contributed by atoms with E-state index in [9.17, 15) is 13.5 Å². The maximum atomic E-state index is 12.3. The third-order valence-electron chi connectivity index (χ3n) is 3.65. The van der Waals surface area contributed by atoms with Crippen molar-refractivity contribution in [2.75, 3.05) is 6.54 Å². The molecule has 18 heavy (non-hydrogen) atoms. The van der Waals surface area contributed by atoms with Crippen molar-refractivity contribution in [2.45, 2.75) is 44.6 Å². The van der Waals surface area contributed by atoms with Crippen LogP contribution in [0, 0.1) is 12.3 Å². The second-order valence-corrected chi connectivity index (χ2v) is 7.99. The summed E-state index contributed by atoms with van der Waals surface area (Å²) in [5, 5.41) is 11.0. The molecule has 6 heteroatoms. The van der Waals surface area contributed by atoms with E-state index in [4.69, 9.17) is 0 Å². The molecule has 0 spiro atoms. The van der Waals surface area contributed by atoms with Crippen LogP contribution in [0.3, 0.4) is 0 Å². The summed E-state index contributed by atoms with van der Waals surface area (Å²) < 4.78 is 27.2. The molecule has 1 aromatic rings. The highest BCUT2D eigenvalue weighted by Crippen LogP contribution is 2.40.